The molecule has 32 heavy (non-hydrogen) atoms. The van der Waals surface area contributed by atoms with Gasteiger partial charge in [-0.1, -0.05) is 79.0 Å². The summed E-state index contributed by atoms with van der Waals surface area (Å²) in [6.45, 7) is 0.595. The Morgan fingerprint density at radius 2 is 1.72 bits per heavy atom. The van der Waals surface area contributed by atoms with E-state index in [2.05, 4.69) is 27.2 Å². The second kappa shape index (κ2) is 15.7. The first-order valence-electron chi connectivity index (χ1n) is 10.1. The van der Waals surface area contributed by atoms with Crippen molar-refractivity contribution >= 4 is 45.5 Å². The first-order chi connectivity index (χ1) is 15.6. The quantitative estimate of drug-likeness (QED) is 0.236. The van der Waals surface area contributed by atoms with E-state index in [9.17, 15) is 9.00 Å². The summed E-state index contributed by atoms with van der Waals surface area (Å²) in [7, 11) is 0. The Hall–Kier alpha value is -2.08. The van der Waals surface area contributed by atoms with Crippen LogP contribution in [0.1, 0.15) is 31.2 Å². The highest BCUT2D eigenvalue weighted by atomic mass is 32.2. The van der Waals surface area contributed by atoms with E-state index >= 15 is 0 Å². The van der Waals surface area contributed by atoms with Gasteiger partial charge in [-0.25, -0.2) is 19.1 Å². The molecule has 1 heterocycles. The molecular weight excluding hydrogens is 462 g/mol. The summed E-state index contributed by atoms with van der Waals surface area (Å²) in [5.74, 6) is 0.871. The Kier molecular flexibility index (Phi) is 12.8. The summed E-state index contributed by atoms with van der Waals surface area (Å²) in [6.07, 6.45) is 2.95. The first kappa shape index (κ1) is 26.2. The van der Waals surface area contributed by atoms with Crippen LogP contribution >= 0.6 is 23.3 Å². The van der Waals surface area contributed by atoms with Crippen LogP contribution in [0, 0.1) is 0 Å². The van der Waals surface area contributed by atoms with Crippen molar-refractivity contribution in [1.82, 2.24) is 9.71 Å². The maximum atomic E-state index is 11.9. The van der Waals surface area contributed by atoms with E-state index in [1.54, 1.807) is 0 Å². The predicted molar refractivity (Wildman–Crippen MR) is 137 cm³/mol. The number of amides is 1. The monoisotopic (exact) mass is 491 g/mol. The van der Waals surface area contributed by atoms with Crippen molar-refractivity contribution in [2.75, 3.05) is 11.9 Å². The smallest absolute Gasteiger partial charge is 0.226 e. The number of carbonyl (C=O) groups excluding carboxylic acids is 1. The van der Waals surface area contributed by atoms with Crippen LogP contribution in [0.5, 0.6) is 0 Å². The Balaban J connectivity index is 0.000000336. The Labute approximate surface area is 200 Å². The molecule has 0 saturated carbocycles. The zero-order valence-corrected chi connectivity index (χ0v) is 20.2. The average Bonchev–Trinajstić information content (AvgIpc) is 3.26. The number of nitrogens with zero attached hydrogens (tertiary/aromatic N) is 1. The fourth-order valence-corrected chi connectivity index (χ4v) is 4.15. The van der Waals surface area contributed by atoms with Crippen molar-refractivity contribution in [2.24, 2.45) is 10.3 Å². The summed E-state index contributed by atoms with van der Waals surface area (Å²) in [4.78, 5) is 16.3. The number of rotatable bonds is 11. The molecular formula is C22H29N5O2S3. The van der Waals surface area contributed by atoms with Gasteiger partial charge in [-0.15, -0.1) is 11.3 Å². The van der Waals surface area contributed by atoms with Gasteiger partial charge < -0.3 is 5.32 Å². The third kappa shape index (κ3) is 11.0. The molecule has 0 saturated heterocycles. The molecule has 1 amide bonds. The third-order valence-electron chi connectivity index (χ3n) is 4.24. The van der Waals surface area contributed by atoms with Crippen molar-refractivity contribution in [2.45, 2.75) is 31.4 Å². The van der Waals surface area contributed by atoms with Crippen LogP contribution in [-0.2, 0) is 21.7 Å². The lowest BCUT2D eigenvalue weighted by atomic mass is 10.2. The summed E-state index contributed by atoms with van der Waals surface area (Å²) in [6, 6.07) is 20.0. The van der Waals surface area contributed by atoms with E-state index in [0.29, 0.717) is 18.1 Å². The lowest BCUT2D eigenvalue weighted by Crippen LogP contribution is -2.24. The number of thiazole rings is 1. The molecule has 0 aliphatic rings. The fourth-order valence-electron chi connectivity index (χ4n) is 2.68. The molecule has 0 aliphatic carbocycles. The molecule has 1 aromatic heterocycles. The predicted octanol–water partition coefficient (Wildman–Crippen LogP) is 4.23. The van der Waals surface area contributed by atoms with Crippen molar-refractivity contribution < 1.29 is 9.00 Å². The molecule has 7 nitrogen and oxygen atoms in total. The van der Waals surface area contributed by atoms with Crippen LogP contribution < -0.4 is 20.3 Å². The number of nitrogens with one attached hydrogen (secondary N) is 2. The lowest BCUT2D eigenvalue weighted by molar-refractivity contribution is -0.116. The zero-order valence-electron chi connectivity index (χ0n) is 17.7. The lowest BCUT2D eigenvalue weighted by Gasteiger charge is -2.02. The number of hydrogen-bond donors (Lipinski definition) is 4. The highest BCUT2D eigenvalue weighted by Crippen LogP contribution is 2.24. The second-order valence-electron chi connectivity index (χ2n) is 6.75. The van der Waals surface area contributed by atoms with Gasteiger partial charge in [-0.05, 0) is 18.4 Å². The number of nitrogens with two attached hydrogens (primary N) is 2. The summed E-state index contributed by atoms with van der Waals surface area (Å²) >= 11 is 1.32. The molecule has 2 aromatic carbocycles. The zero-order chi connectivity index (χ0) is 23.0. The van der Waals surface area contributed by atoms with Crippen LogP contribution in [0.2, 0.25) is 0 Å². The van der Waals surface area contributed by atoms with E-state index in [0.717, 1.165) is 36.3 Å². The third-order valence-corrected chi connectivity index (χ3v) is 5.98. The van der Waals surface area contributed by atoms with E-state index < -0.39 is 11.2 Å². The minimum atomic E-state index is -1.46. The fraction of sp³-hybridized carbons (Fsp3) is 0.273. The number of anilines is 1. The molecule has 10 heteroatoms. The molecule has 0 spiro atoms. The minimum absolute atomic E-state index is 0.0330. The Morgan fingerprint density at radius 3 is 2.38 bits per heavy atom. The SMILES string of the molecule is NS(=O)NCCCCCC(=O)Nc1nc(-c2ccccc2)cs1.NSCc1ccccc1. The van der Waals surface area contributed by atoms with Gasteiger partial charge in [0.05, 0.1) is 5.69 Å². The van der Waals surface area contributed by atoms with Gasteiger partial charge in [0.1, 0.15) is 0 Å². The van der Waals surface area contributed by atoms with Crippen molar-refractivity contribution in [3.8, 4) is 11.3 Å². The highest BCUT2D eigenvalue weighted by molar-refractivity contribution is 7.96. The van der Waals surface area contributed by atoms with Crippen molar-refractivity contribution in [3.05, 3.63) is 71.6 Å². The van der Waals surface area contributed by atoms with Crippen molar-refractivity contribution in [3.63, 3.8) is 0 Å². The summed E-state index contributed by atoms with van der Waals surface area (Å²) in [5, 5.41) is 15.7. The van der Waals surface area contributed by atoms with E-state index in [-0.39, 0.29) is 5.91 Å². The molecule has 172 valence electrons. The Morgan fingerprint density at radius 1 is 1.03 bits per heavy atom. The maximum absolute atomic E-state index is 11.9. The molecule has 3 aromatic rings. The molecule has 0 radical (unpaired) electrons. The van der Waals surface area contributed by atoms with E-state index in [1.807, 2.05) is 53.9 Å². The maximum Gasteiger partial charge on any atom is 0.226 e. The van der Waals surface area contributed by atoms with Crippen LogP contribution in [0.15, 0.2) is 66.0 Å². The van der Waals surface area contributed by atoms with Crippen LogP contribution in [0.3, 0.4) is 0 Å². The van der Waals surface area contributed by atoms with Gasteiger partial charge in [-0.2, -0.15) is 0 Å². The van der Waals surface area contributed by atoms with E-state index in [4.69, 9.17) is 10.3 Å². The van der Waals surface area contributed by atoms with E-state index in [1.165, 1.54) is 28.8 Å². The number of aromatic nitrogens is 1. The number of unbranched alkanes of at least 4 members (excludes halogenated alkanes) is 2. The Bertz CT molecular complexity index is 939. The second-order valence-corrected chi connectivity index (χ2v) is 9.11. The summed E-state index contributed by atoms with van der Waals surface area (Å²) in [5.41, 5.74) is 3.19. The molecule has 0 fully saturated rings. The number of carbonyl (C=O) groups is 1. The van der Waals surface area contributed by atoms with Gasteiger partial charge in [0.25, 0.3) is 0 Å². The standard InChI is InChI=1S/C15H20N4O2S2.C7H9NS/c16-23(21)17-10-6-2-5-9-14(20)19-15-18-13(11-22-15)12-7-3-1-4-8-12;8-9-6-7-4-2-1-3-5-7/h1,3-4,7-8,11,17H,2,5-6,9-10,16H2,(H,18,19,20);1-5H,6,8H2. The van der Waals surface area contributed by atoms with Crippen LogP contribution in [-0.4, -0.2) is 21.6 Å². The van der Waals surface area contributed by atoms with Gasteiger partial charge in [0, 0.05) is 29.7 Å². The highest BCUT2D eigenvalue weighted by Gasteiger charge is 2.07. The molecule has 1 unspecified atom stereocenters. The van der Waals surface area contributed by atoms with Crippen LogP contribution in [0.25, 0.3) is 11.3 Å². The average molecular weight is 492 g/mol. The van der Waals surface area contributed by atoms with Gasteiger partial charge in [0.2, 0.25) is 5.91 Å². The first-order valence-corrected chi connectivity index (χ1v) is 13.3. The number of benzene rings is 2. The molecule has 6 N–H and O–H groups in total. The summed E-state index contributed by atoms with van der Waals surface area (Å²) < 4.78 is 13.2. The number of hydrogen-bond acceptors (Lipinski definition) is 6. The molecule has 0 aliphatic heterocycles. The van der Waals surface area contributed by atoms with Gasteiger partial charge in [0.15, 0.2) is 16.3 Å². The van der Waals surface area contributed by atoms with Gasteiger partial charge >= 0.3 is 0 Å². The van der Waals surface area contributed by atoms with Crippen molar-refractivity contribution in [1.29, 1.82) is 0 Å². The largest absolute Gasteiger partial charge is 0.302 e. The van der Waals surface area contributed by atoms with Gasteiger partial charge in [-0.3, -0.25) is 9.93 Å². The molecule has 0 bridgehead atoms. The topological polar surface area (TPSA) is 123 Å². The van der Waals surface area contributed by atoms with Crippen LogP contribution in [0.4, 0.5) is 5.13 Å². The molecule has 1 atom stereocenters. The normalized spacial score (nSPS) is 11.3. The minimum Gasteiger partial charge on any atom is -0.302 e. The molecule has 3 rings (SSSR count).